The quantitative estimate of drug-likeness (QED) is 0.291. The Morgan fingerprint density at radius 2 is 1.70 bits per heavy atom. The van der Waals surface area contributed by atoms with Crippen LogP contribution in [0.2, 0.25) is 0 Å². The van der Waals surface area contributed by atoms with E-state index in [-0.39, 0.29) is 44.6 Å². The van der Waals surface area contributed by atoms with Crippen LogP contribution in [-0.4, -0.2) is 69.4 Å². The highest BCUT2D eigenvalue weighted by Gasteiger charge is 2.44. The minimum Gasteiger partial charge on any atom is -0.444 e. The monoisotopic (exact) mass is 660 g/mol. The van der Waals surface area contributed by atoms with E-state index in [0.29, 0.717) is 12.1 Å². The molecule has 17 heteroatoms. The Kier molecular flexibility index (Phi) is 10.0. The standard InChI is InChI=1S/C29H34F6N6O5/c1-28(2,3)46-27(45)38-16(8-15-9-18(31)19(32)11-17(15)30)10-22(42)20-12-37-13-21-23(29(33,34)35)39-25(41(20)21)26(44)40-6-4-14(5-7-40)24(36)43/h9,11,14,16,20,37H,4-8,10,12-13H2,1-3H3,(H2,36,43)(H,38,45). The van der Waals surface area contributed by atoms with E-state index in [1.165, 1.54) is 4.90 Å². The number of imidazole rings is 1. The Morgan fingerprint density at radius 1 is 1.07 bits per heavy atom. The summed E-state index contributed by atoms with van der Waals surface area (Å²) in [4.78, 5) is 56.4. The molecule has 0 spiro atoms. The summed E-state index contributed by atoms with van der Waals surface area (Å²) in [7, 11) is 0. The number of aromatic nitrogens is 2. The summed E-state index contributed by atoms with van der Waals surface area (Å²) in [5, 5.41) is 5.14. The van der Waals surface area contributed by atoms with Crippen LogP contribution in [0.5, 0.6) is 0 Å². The highest BCUT2D eigenvalue weighted by Crippen LogP contribution is 2.36. The number of carbonyl (C=O) groups excluding carboxylic acids is 4. The SMILES string of the molecule is CC(C)(C)OC(=O)NC(CC(=O)C1CNCc2c(C(F)(F)F)nc(C(=O)N3CCC(C(N)=O)CC3)n21)Cc1cc(F)c(F)cc1F. The molecule has 2 unspecified atom stereocenters. The van der Waals surface area contributed by atoms with Gasteiger partial charge in [-0.15, -0.1) is 0 Å². The number of nitrogens with zero attached hydrogens (tertiary/aromatic N) is 3. The van der Waals surface area contributed by atoms with E-state index in [1.54, 1.807) is 20.8 Å². The number of rotatable bonds is 8. The Bertz CT molecular complexity index is 1510. The maximum atomic E-state index is 14.6. The molecule has 252 valence electrons. The van der Waals surface area contributed by atoms with Crippen molar-refractivity contribution in [3.63, 3.8) is 0 Å². The lowest BCUT2D eigenvalue weighted by molar-refractivity contribution is -0.142. The van der Waals surface area contributed by atoms with Crippen molar-refractivity contribution < 1.29 is 50.3 Å². The highest BCUT2D eigenvalue weighted by molar-refractivity contribution is 5.93. The van der Waals surface area contributed by atoms with Gasteiger partial charge in [-0.05, 0) is 51.7 Å². The molecule has 0 saturated carbocycles. The van der Waals surface area contributed by atoms with Crippen LogP contribution >= 0.6 is 0 Å². The third-order valence-corrected chi connectivity index (χ3v) is 7.69. The molecule has 0 aliphatic carbocycles. The first-order valence-electron chi connectivity index (χ1n) is 14.5. The van der Waals surface area contributed by atoms with Crippen LogP contribution in [0, 0.1) is 23.4 Å². The third-order valence-electron chi connectivity index (χ3n) is 7.69. The minimum absolute atomic E-state index is 0.0223. The van der Waals surface area contributed by atoms with Gasteiger partial charge < -0.3 is 30.6 Å². The molecule has 4 rings (SSSR count). The molecule has 1 aromatic carbocycles. The number of Topliss-reactive ketones (excluding diaryl/α,β-unsaturated/α-hetero) is 1. The van der Waals surface area contributed by atoms with Gasteiger partial charge in [0.15, 0.2) is 23.1 Å². The van der Waals surface area contributed by atoms with Crippen molar-refractivity contribution in [1.29, 1.82) is 0 Å². The fourth-order valence-corrected chi connectivity index (χ4v) is 5.55. The smallest absolute Gasteiger partial charge is 0.435 e. The normalized spacial score (nSPS) is 18.1. The molecule has 2 aromatic rings. The van der Waals surface area contributed by atoms with Gasteiger partial charge in [-0.1, -0.05) is 0 Å². The molecule has 0 radical (unpaired) electrons. The van der Waals surface area contributed by atoms with Crippen LogP contribution in [0.3, 0.4) is 0 Å². The summed E-state index contributed by atoms with van der Waals surface area (Å²) in [6.07, 6.45) is -6.74. The molecule has 1 fully saturated rings. The molecule has 46 heavy (non-hydrogen) atoms. The van der Waals surface area contributed by atoms with E-state index in [9.17, 15) is 45.5 Å². The van der Waals surface area contributed by atoms with Crippen LogP contribution < -0.4 is 16.4 Å². The van der Waals surface area contributed by atoms with Gasteiger partial charge >= 0.3 is 12.3 Å². The number of ether oxygens (including phenoxy) is 1. The first-order chi connectivity index (χ1) is 21.4. The molecular formula is C29H34F6N6O5. The van der Waals surface area contributed by atoms with Gasteiger partial charge in [-0.3, -0.25) is 14.4 Å². The lowest BCUT2D eigenvalue weighted by Crippen LogP contribution is -2.46. The molecule has 4 N–H and O–H groups in total. The molecule has 1 aromatic heterocycles. The maximum Gasteiger partial charge on any atom is 0.435 e. The van der Waals surface area contributed by atoms with Crippen LogP contribution in [0.1, 0.15) is 73.6 Å². The number of piperidine rings is 1. The number of nitrogens with two attached hydrogens (primary N) is 1. The Balaban J connectivity index is 1.67. The molecule has 3 heterocycles. The molecule has 1 saturated heterocycles. The molecule has 2 atom stereocenters. The zero-order chi connectivity index (χ0) is 34.1. The van der Waals surface area contributed by atoms with Crippen molar-refractivity contribution in [3.8, 4) is 0 Å². The van der Waals surface area contributed by atoms with Crippen LogP contribution in [-0.2, 0) is 33.5 Å². The minimum atomic E-state index is -4.98. The number of amides is 3. The average molecular weight is 661 g/mol. The zero-order valence-electron chi connectivity index (χ0n) is 25.3. The topological polar surface area (TPSA) is 149 Å². The molecular weight excluding hydrogens is 626 g/mol. The predicted octanol–water partition coefficient (Wildman–Crippen LogP) is 3.40. The lowest BCUT2D eigenvalue weighted by Gasteiger charge is -2.32. The van der Waals surface area contributed by atoms with Gasteiger partial charge in [0.05, 0.1) is 5.69 Å². The summed E-state index contributed by atoms with van der Waals surface area (Å²) >= 11 is 0. The number of fused-ring (bicyclic) bond motifs is 1. The van der Waals surface area contributed by atoms with Crippen molar-refractivity contribution >= 4 is 23.7 Å². The summed E-state index contributed by atoms with van der Waals surface area (Å²) in [6, 6.07) is -1.83. The number of benzene rings is 1. The number of hydrogen-bond donors (Lipinski definition) is 3. The molecule has 3 amide bonds. The number of primary amides is 1. The van der Waals surface area contributed by atoms with Crippen LogP contribution in [0.4, 0.5) is 31.1 Å². The Morgan fingerprint density at radius 3 is 2.28 bits per heavy atom. The number of ketones is 1. The van der Waals surface area contributed by atoms with E-state index < -0.39 is 101 Å². The van der Waals surface area contributed by atoms with Gasteiger partial charge in [0.2, 0.25) is 11.7 Å². The Labute approximate surface area is 259 Å². The van der Waals surface area contributed by atoms with Crippen molar-refractivity contribution in [2.45, 2.75) is 76.9 Å². The average Bonchev–Trinajstić information content (AvgIpc) is 3.35. The van der Waals surface area contributed by atoms with E-state index in [4.69, 9.17) is 10.5 Å². The number of likely N-dealkylation sites (tertiary alicyclic amines) is 1. The third kappa shape index (κ3) is 7.97. The number of alkyl carbamates (subject to hydrolysis) is 1. The van der Waals surface area contributed by atoms with E-state index >= 15 is 0 Å². The summed E-state index contributed by atoms with van der Waals surface area (Å²) < 4.78 is 90.4. The highest BCUT2D eigenvalue weighted by atomic mass is 19.4. The van der Waals surface area contributed by atoms with Crippen LogP contribution in [0.15, 0.2) is 12.1 Å². The fourth-order valence-electron chi connectivity index (χ4n) is 5.55. The molecule has 11 nitrogen and oxygen atoms in total. The van der Waals surface area contributed by atoms with Gasteiger partial charge in [0, 0.05) is 50.6 Å². The van der Waals surface area contributed by atoms with Gasteiger partial charge in [-0.2, -0.15) is 13.2 Å². The molecule has 2 aliphatic heterocycles. The Hall–Kier alpha value is -4.15. The summed E-state index contributed by atoms with van der Waals surface area (Å²) in [5.74, 6) is -7.33. The number of nitrogens with one attached hydrogen (secondary N) is 2. The van der Waals surface area contributed by atoms with Gasteiger partial charge in [0.1, 0.15) is 17.5 Å². The summed E-state index contributed by atoms with van der Waals surface area (Å²) in [6.45, 7) is 4.13. The second kappa shape index (κ2) is 13.3. The second-order valence-electron chi connectivity index (χ2n) is 12.3. The fraction of sp³-hybridized carbons (Fsp3) is 0.552. The van der Waals surface area contributed by atoms with E-state index in [2.05, 4.69) is 15.6 Å². The number of hydrogen-bond acceptors (Lipinski definition) is 7. The second-order valence-corrected chi connectivity index (χ2v) is 12.3. The van der Waals surface area contributed by atoms with Crippen molar-refractivity contribution in [1.82, 2.24) is 25.1 Å². The molecule has 0 bridgehead atoms. The first kappa shape index (κ1) is 34.7. The number of carbonyl (C=O) groups is 4. The predicted molar refractivity (Wildman–Crippen MR) is 149 cm³/mol. The zero-order valence-corrected chi connectivity index (χ0v) is 25.3. The van der Waals surface area contributed by atoms with Crippen molar-refractivity contribution in [2.75, 3.05) is 19.6 Å². The molecule has 2 aliphatic rings. The van der Waals surface area contributed by atoms with Gasteiger partial charge in [-0.25, -0.2) is 22.9 Å². The number of halogens is 6. The lowest BCUT2D eigenvalue weighted by atomic mass is 9.96. The van der Waals surface area contributed by atoms with Gasteiger partial charge in [0.25, 0.3) is 5.91 Å². The largest absolute Gasteiger partial charge is 0.444 e. The summed E-state index contributed by atoms with van der Waals surface area (Å²) in [5.41, 5.74) is 2.15. The van der Waals surface area contributed by atoms with Crippen molar-refractivity contribution in [3.05, 3.63) is 52.4 Å². The first-order valence-corrected chi connectivity index (χ1v) is 14.5. The maximum absolute atomic E-state index is 14.6. The van der Waals surface area contributed by atoms with E-state index in [0.717, 1.165) is 4.57 Å². The van der Waals surface area contributed by atoms with Crippen molar-refractivity contribution in [2.24, 2.45) is 11.7 Å². The number of alkyl halides is 3. The van der Waals surface area contributed by atoms with Crippen LogP contribution in [0.25, 0.3) is 0 Å². The van der Waals surface area contributed by atoms with E-state index in [1.807, 2.05) is 0 Å².